The molecule has 0 atom stereocenters. The number of benzene rings is 20. The van der Waals surface area contributed by atoms with E-state index in [0.29, 0.717) is 17.7 Å². The van der Waals surface area contributed by atoms with Crippen molar-refractivity contribution in [2.45, 2.75) is 5.41 Å². The van der Waals surface area contributed by atoms with Crippen LogP contribution in [-0.2, 0) is 5.41 Å². The Labute approximate surface area is 845 Å². The summed E-state index contributed by atoms with van der Waals surface area (Å²) in [6, 6.07) is 171. The van der Waals surface area contributed by atoms with Crippen LogP contribution >= 0.6 is 34.0 Å². The Morgan fingerprint density at radius 1 is 0.214 bits per heavy atom. The van der Waals surface area contributed by atoms with Crippen LogP contribution in [-0.4, -0.2) is 39.0 Å². The fraction of sp³-hybridized carbons (Fsp3) is 0.00752. The van der Waals surface area contributed by atoms with Crippen LogP contribution < -0.4 is 0 Å². The average molecular weight is 1900 g/mol. The standard InChI is InChI=1S/C47H28N2O.C46H29N3S.C40H23N3S2/c1-3-13-29(14-4-1)41-28-42(30-15-5-2-6-16-30)49-46(48-41)31-23-24-36-40(27-31)47(37-20-10-7-17-32(37)33-18-8-11-21-38(33)47)39-26-25-35-34-19-9-12-22-43(34)50-45(35)44(36)39;1-4-12-30(13-5-1)31-20-22-32(23-21-31)35-24-25-38-42(28-35)49(41-27-26-37-36-18-10-11-19-43(36)50-45(37)44(38)41)46-47-39(33-14-6-2-7-15-33)29-40(48-46)34-16-8-3-9-17-34;1-2-9-24(10-3-1)25-17-18-31-34(23-25)43(33-20-19-29-27-12-5-7-16-36(27)45-39(29)37(31)33)40-41-22-21-32(42-40)30-14-8-13-28-26-11-4-6-15-35(26)44-38(28)30/h1-28H;1-29H;1-23H. The monoisotopic (exact) mass is 1900 g/mol. The van der Waals surface area contributed by atoms with Gasteiger partial charge in [-0.1, -0.05) is 406 Å². The molecule has 0 aliphatic heterocycles. The van der Waals surface area contributed by atoms with Gasteiger partial charge in [0.25, 0.3) is 0 Å². The second kappa shape index (κ2) is 34.0. The van der Waals surface area contributed by atoms with Crippen molar-refractivity contribution >= 4 is 160 Å². The predicted octanol–water partition coefficient (Wildman–Crippen LogP) is 36.0. The maximum Gasteiger partial charge on any atom is 0.235 e. The van der Waals surface area contributed by atoms with Gasteiger partial charge in [0.2, 0.25) is 11.9 Å². The number of para-hydroxylation sites is 1. The number of hydrogen-bond donors (Lipinski definition) is 0. The van der Waals surface area contributed by atoms with Crippen molar-refractivity contribution < 1.29 is 4.42 Å². The van der Waals surface area contributed by atoms with Crippen LogP contribution in [0.5, 0.6) is 0 Å². The minimum absolute atomic E-state index is 0.527. The van der Waals surface area contributed by atoms with E-state index in [-0.39, 0.29) is 0 Å². The molecule has 676 valence electrons. The van der Waals surface area contributed by atoms with Gasteiger partial charge in [0.1, 0.15) is 11.2 Å². The van der Waals surface area contributed by atoms with Gasteiger partial charge < -0.3 is 4.42 Å². The summed E-state index contributed by atoms with van der Waals surface area (Å²) in [6.07, 6.45) is 1.90. The first-order chi connectivity index (χ1) is 71.9. The Morgan fingerprint density at radius 2 is 0.593 bits per heavy atom. The van der Waals surface area contributed by atoms with Gasteiger partial charge in [0.05, 0.1) is 56.0 Å². The van der Waals surface area contributed by atoms with Crippen LogP contribution in [0.1, 0.15) is 22.3 Å². The molecule has 145 heavy (non-hydrogen) atoms. The van der Waals surface area contributed by atoms with E-state index < -0.39 is 5.41 Å². The smallest absolute Gasteiger partial charge is 0.235 e. The van der Waals surface area contributed by atoms with Crippen LogP contribution in [0.3, 0.4) is 0 Å². The third-order valence-electron chi connectivity index (χ3n) is 29.3. The summed E-state index contributed by atoms with van der Waals surface area (Å²) in [5.41, 5.74) is 33.6. The van der Waals surface area contributed by atoms with E-state index in [1.165, 1.54) is 149 Å². The molecule has 0 saturated carbocycles. The number of aromatic nitrogens is 8. The second-order valence-electron chi connectivity index (χ2n) is 37.3. The van der Waals surface area contributed by atoms with Gasteiger partial charge in [-0.2, -0.15) is 0 Å². The number of nitrogens with zero attached hydrogens (tertiary/aromatic N) is 8. The first kappa shape index (κ1) is 83.7. The summed E-state index contributed by atoms with van der Waals surface area (Å²) < 4.78 is 19.0. The molecule has 0 bridgehead atoms. The van der Waals surface area contributed by atoms with Gasteiger partial charge in [-0.05, 0) is 145 Å². The summed E-state index contributed by atoms with van der Waals surface area (Å²) in [6.45, 7) is 0. The summed E-state index contributed by atoms with van der Waals surface area (Å²) >= 11 is 5.55. The molecule has 12 heteroatoms. The maximum atomic E-state index is 6.75. The van der Waals surface area contributed by atoms with Crippen molar-refractivity contribution in [3.63, 3.8) is 0 Å². The normalized spacial score (nSPS) is 12.3. The van der Waals surface area contributed by atoms with Crippen molar-refractivity contribution in [1.29, 1.82) is 0 Å². The topological polar surface area (TPSA) is 100 Å². The number of furan rings is 1. The number of thiophene rings is 3. The van der Waals surface area contributed by atoms with E-state index in [0.717, 1.165) is 117 Å². The van der Waals surface area contributed by atoms with Crippen LogP contribution in [0.25, 0.3) is 261 Å². The Bertz CT molecular complexity index is 10100. The summed E-state index contributed by atoms with van der Waals surface area (Å²) in [5, 5.41) is 14.9. The first-order valence-electron chi connectivity index (χ1n) is 48.9. The zero-order valence-corrected chi connectivity index (χ0v) is 80.3. The molecule has 0 saturated heterocycles. The van der Waals surface area contributed by atoms with E-state index in [9.17, 15) is 0 Å². The zero-order chi connectivity index (χ0) is 95.3. The molecule has 0 fully saturated rings. The number of rotatable bonds is 11. The molecule has 31 rings (SSSR count). The quantitative estimate of drug-likeness (QED) is 0.127. The minimum atomic E-state index is -0.527. The van der Waals surface area contributed by atoms with Gasteiger partial charge in [0.15, 0.2) is 5.82 Å². The lowest BCUT2D eigenvalue weighted by molar-refractivity contribution is 0.669. The molecule has 20 aromatic carbocycles. The van der Waals surface area contributed by atoms with Gasteiger partial charge in [0, 0.05) is 138 Å². The molecule has 0 radical (unpaired) electrons. The fourth-order valence-corrected chi connectivity index (χ4v) is 26.4. The molecule has 9 nitrogen and oxygen atoms in total. The molecule has 2 aliphatic carbocycles. The van der Waals surface area contributed by atoms with Gasteiger partial charge in [-0.15, -0.1) is 34.0 Å². The predicted molar refractivity (Wildman–Crippen MR) is 606 cm³/mol. The molecular weight excluding hydrogens is 1820 g/mol. The number of hydrogen-bond acceptors (Lipinski definition) is 10. The molecule has 1 spiro atoms. The molecule has 9 aromatic heterocycles. The maximum absolute atomic E-state index is 6.75. The average Bonchev–Trinajstić information content (AvgIpc) is 1.50. The SMILES string of the molecule is c1ccc(-c2cc(-c3ccccc3)nc(-c3ccc4c(c3)C3(c5ccccc5-c5ccccc53)c3ccc5c(oc6ccccc65)c3-4)n2)cc1.c1ccc(-c2ccc(-c3ccc4c5c6sc7ccccc7c6ccc5n(-c5nc(-c6ccccc6)cc(-c6ccccc6)n5)c4c3)cc2)cc1.c1ccc(-c2ccc3c4c5sc6ccccc6c5ccc4n(-c4nccc(-c5cccc6c5sc5ccccc56)n4)c3c2)cc1. The van der Waals surface area contributed by atoms with Crippen LogP contribution in [0, 0.1) is 0 Å². The third kappa shape index (κ3) is 13.6. The molecule has 0 N–H and O–H groups in total. The Balaban J connectivity index is 0.000000103. The molecule has 0 amide bonds. The van der Waals surface area contributed by atoms with Gasteiger partial charge >= 0.3 is 0 Å². The van der Waals surface area contributed by atoms with Crippen molar-refractivity contribution in [2.75, 3.05) is 0 Å². The van der Waals surface area contributed by atoms with Crippen LogP contribution in [0.15, 0.2) is 490 Å². The van der Waals surface area contributed by atoms with Gasteiger partial charge in [-0.25, -0.2) is 29.9 Å². The van der Waals surface area contributed by atoms with Crippen molar-refractivity contribution in [1.82, 2.24) is 39.0 Å². The Hall–Kier alpha value is -18.3. The van der Waals surface area contributed by atoms with Crippen molar-refractivity contribution in [3.8, 4) is 135 Å². The van der Waals surface area contributed by atoms with E-state index in [2.05, 4.69) is 452 Å². The van der Waals surface area contributed by atoms with Crippen LogP contribution in [0.2, 0.25) is 0 Å². The van der Waals surface area contributed by atoms with Crippen LogP contribution in [0.4, 0.5) is 0 Å². The lowest BCUT2D eigenvalue weighted by atomic mass is 9.70. The van der Waals surface area contributed by atoms with E-state index in [1.54, 1.807) is 0 Å². The fourth-order valence-electron chi connectivity index (χ4n) is 22.7. The van der Waals surface area contributed by atoms with E-state index in [1.807, 2.05) is 76.6 Å². The molecule has 2 aliphatic rings. The van der Waals surface area contributed by atoms with Crippen molar-refractivity contribution in [3.05, 3.63) is 508 Å². The number of fused-ring (bicyclic) bond motifs is 31. The van der Waals surface area contributed by atoms with E-state index in [4.69, 9.17) is 34.3 Å². The molecule has 29 aromatic rings. The highest BCUT2D eigenvalue weighted by Gasteiger charge is 2.53. The first-order valence-corrected chi connectivity index (χ1v) is 51.4. The minimum Gasteiger partial charge on any atom is -0.455 e. The highest BCUT2D eigenvalue weighted by atomic mass is 32.1. The summed E-state index contributed by atoms with van der Waals surface area (Å²) in [4.78, 5) is 31.3. The van der Waals surface area contributed by atoms with Gasteiger partial charge in [-0.3, -0.25) is 9.13 Å². The highest BCUT2D eigenvalue weighted by Crippen LogP contribution is 2.65. The third-order valence-corrected chi connectivity index (χ3v) is 32.9. The zero-order valence-electron chi connectivity index (χ0n) is 77.9. The largest absolute Gasteiger partial charge is 0.455 e. The summed E-state index contributed by atoms with van der Waals surface area (Å²) in [5.74, 6) is 2.03. The van der Waals surface area contributed by atoms with Crippen molar-refractivity contribution in [2.24, 2.45) is 0 Å². The molecule has 0 unspecified atom stereocenters. The highest BCUT2D eigenvalue weighted by molar-refractivity contribution is 7.27. The molecular formula is C133H80N8OS3. The second-order valence-corrected chi connectivity index (χ2v) is 40.4. The van der Waals surface area contributed by atoms with E-state index >= 15 is 0 Å². The molecule has 9 heterocycles. The Morgan fingerprint density at radius 3 is 1.12 bits per heavy atom. The lowest BCUT2D eigenvalue weighted by Gasteiger charge is -2.30. The lowest BCUT2D eigenvalue weighted by Crippen LogP contribution is -2.25. The Kier molecular flexibility index (Phi) is 19.6. The summed E-state index contributed by atoms with van der Waals surface area (Å²) in [7, 11) is 0.